The van der Waals surface area contributed by atoms with Crippen molar-refractivity contribution in [2.75, 3.05) is 6.54 Å². The molecular weight excluding hydrogens is 274 g/mol. The molecule has 0 aliphatic heterocycles. The van der Waals surface area contributed by atoms with Crippen LogP contribution in [0.15, 0.2) is 33.9 Å². The van der Waals surface area contributed by atoms with E-state index in [1.54, 1.807) is 0 Å². The van der Waals surface area contributed by atoms with Gasteiger partial charge in [0.1, 0.15) is 0 Å². The van der Waals surface area contributed by atoms with Gasteiger partial charge >= 0.3 is 5.97 Å². The predicted octanol–water partition coefficient (Wildman–Crippen LogP) is 3.00. The van der Waals surface area contributed by atoms with Crippen LogP contribution in [0.25, 0.3) is 10.4 Å². The second-order valence-corrected chi connectivity index (χ2v) is 4.19. The molecule has 84 valence electrons. The number of halogens is 1. The van der Waals surface area contributed by atoms with E-state index < -0.39 is 11.9 Å². The molecule has 0 spiro atoms. The number of azide groups is 1. The van der Waals surface area contributed by atoms with Crippen molar-refractivity contribution in [3.8, 4) is 0 Å². The maximum atomic E-state index is 10.9. The molecule has 1 unspecified atom stereocenters. The lowest BCUT2D eigenvalue weighted by molar-refractivity contribution is -0.141. The minimum absolute atomic E-state index is 0.0259. The molecule has 0 saturated heterocycles. The van der Waals surface area contributed by atoms with Crippen LogP contribution in [-0.4, -0.2) is 17.6 Å². The van der Waals surface area contributed by atoms with Crippen LogP contribution < -0.4 is 0 Å². The summed E-state index contributed by atoms with van der Waals surface area (Å²) in [5, 5.41) is 12.2. The molecule has 0 aliphatic carbocycles. The van der Waals surface area contributed by atoms with E-state index in [2.05, 4.69) is 26.0 Å². The Labute approximate surface area is 101 Å². The number of benzene rings is 1. The van der Waals surface area contributed by atoms with E-state index in [0.717, 1.165) is 10.0 Å². The van der Waals surface area contributed by atoms with Crippen molar-refractivity contribution in [2.45, 2.75) is 6.42 Å². The lowest BCUT2D eigenvalue weighted by atomic mass is 10.00. The highest BCUT2D eigenvalue weighted by molar-refractivity contribution is 9.10. The zero-order valence-corrected chi connectivity index (χ0v) is 9.96. The molecule has 0 aromatic heterocycles. The van der Waals surface area contributed by atoms with Crippen molar-refractivity contribution < 1.29 is 9.90 Å². The Kier molecular flexibility index (Phi) is 4.82. The van der Waals surface area contributed by atoms with Crippen LogP contribution in [0.5, 0.6) is 0 Å². The topological polar surface area (TPSA) is 86.1 Å². The van der Waals surface area contributed by atoms with E-state index in [0.29, 0.717) is 6.42 Å². The molecule has 0 saturated carbocycles. The predicted molar refractivity (Wildman–Crippen MR) is 63.0 cm³/mol. The van der Waals surface area contributed by atoms with Crippen LogP contribution in [0.4, 0.5) is 0 Å². The summed E-state index contributed by atoms with van der Waals surface area (Å²) in [7, 11) is 0. The number of carboxylic acid groups (broad SMARTS) is 1. The van der Waals surface area contributed by atoms with Gasteiger partial charge in [-0.2, -0.15) is 0 Å². The minimum atomic E-state index is -0.949. The first kappa shape index (κ1) is 12.5. The molecule has 6 heteroatoms. The third-order valence-electron chi connectivity index (χ3n) is 2.11. The minimum Gasteiger partial charge on any atom is -0.481 e. The van der Waals surface area contributed by atoms with Crippen molar-refractivity contribution in [2.24, 2.45) is 11.0 Å². The van der Waals surface area contributed by atoms with E-state index in [4.69, 9.17) is 10.6 Å². The average molecular weight is 284 g/mol. The highest BCUT2D eigenvalue weighted by atomic mass is 79.9. The average Bonchev–Trinajstić information content (AvgIpc) is 2.26. The van der Waals surface area contributed by atoms with Crippen molar-refractivity contribution >= 4 is 21.9 Å². The van der Waals surface area contributed by atoms with Gasteiger partial charge in [0.25, 0.3) is 0 Å². The summed E-state index contributed by atoms with van der Waals surface area (Å²) < 4.78 is 0.943. The number of aliphatic carboxylic acids is 1. The van der Waals surface area contributed by atoms with Gasteiger partial charge in [-0.3, -0.25) is 4.79 Å². The fourth-order valence-corrected chi connectivity index (χ4v) is 1.53. The lowest BCUT2D eigenvalue weighted by Gasteiger charge is -2.09. The van der Waals surface area contributed by atoms with Crippen molar-refractivity contribution in [1.29, 1.82) is 0 Å². The molecule has 1 rings (SSSR count). The van der Waals surface area contributed by atoms with Gasteiger partial charge < -0.3 is 5.11 Å². The smallest absolute Gasteiger partial charge is 0.306 e. The number of carboxylic acids is 1. The molecule has 0 fully saturated rings. The Morgan fingerprint density at radius 1 is 1.50 bits per heavy atom. The van der Waals surface area contributed by atoms with Gasteiger partial charge in [-0.15, -0.1) is 0 Å². The summed E-state index contributed by atoms with van der Waals surface area (Å²) in [5.41, 5.74) is 9.06. The van der Waals surface area contributed by atoms with Crippen LogP contribution in [0.2, 0.25) is 0 Å². The highest BCUT2D eigenvalue weighted by Gasteiger charge is 2.16. The SMILES string of the molecule is [N-]=[N+]=NCC(Cc1ccc(Br)cc1)C(=O)O. The van der Waals surface area contributed by atoms with Gasteiger partial charge in [0.05, 0.1) is 5.92 Å². The Morgan fingerprint density at radius 2 is 2.12 bits per heavy atom. The molecule has 1 aromatic rings. The molecule has 0 aliphatic rings. The first-order valence-electron chi connectivity index (χ1n) is 4.61. The molecule has 5 nitrogen and oxygen atoms in total. The number of nitrogens with zero attached hydrogens (tertiary/aromatic N) is 3. The second kappa shape index (κ2) is 6.15. The molecule has 1 N–H and O–H groups in total. The maximum absolute atomic E-state index is 10.9. The van der Waals surface area contributed by atoms with E-state index in [-0.39, 0.29) is 6.54 Å². The van der Waals surface area contributed by atoms with Crippen LogP contribution >= 0.6 is 15.9 Å². The number of hydrogen-bond donors (Lipinski definition) is 1. The van der Waals surface area contributed by atoms with E-state index in [1.165, 1.54) is 0 Å². The van der Waals surface area contributed by atoms with Gasteiger partial charge in [-0.05, 0) is 29.6 Å². The number of carbonyl (C=O) groups is 1. The Bertz CT molecular complexity index is 413. The van der Waals surface area contributed by atoms with Crippen molar-refractivity contribution in [1.82, 2.24) is 0 Å². The van der Waals surface area contributed by atoms with E-state index >= 15 is 0 Å². The van der Waals surface area contributed by atoms with Crippen LogP contribution in [0, 0.1) is 5.92 Å². The van der Waals surface area contributed by atoms with E-state index in [1.807, 2.05) is 24.3 Å². The molecule has 0 heterocycles. The summed E-state index contributed by atoms with van der Waals surface area (Å²) in [6.45, 7) is -0.0259. The second-order valence-electron chi connectivity index (χ2n) is 3.28. The van der Waals surface area contributed by atoms with Gasteiger partial charge in [0, 0.05) is 15.9 Å². The molecule has 0 amide bonds. The fourth-order valence-electron chi connectivity index (χ4n) is 1.27. The molecular formula is C10H10BrN3O2. The third-order valence-corrected chi connectivity index (χ3v) is 2.64. The summed E-state index contributed by atoms with van der Waals surface area (Å²) in [6.07, 6.45) is 0.363. The summed E-state index contributed by atoms with van der Waals surface area (Å²) in [6, 6.07) is 7.38. The van der Waals surface area contributed by atoms with Crippen molar-refractivity contribution in [3.63, 3.8) is 0 Å². The fraction of sp³-hybridized carbons (Fsp3) is 0.300. The summed E-state index contributed by atoms with van der Waals surface area (Å²) in [5.74, 6) is -1.62. The molecule has 0 radical (unpaired) electrons. The Balaban J connectivity index is 2.71. The number of hydrogen-bond acceptors (Lipinski definition) is 2. The van der Waals surface area contributed by atoms with E-state index in [9.17, 15) is 4.79 Å². The Hall–Kier alpha value is -1.52. The van der Waals surface area contributed by atoms with Gasteiger partial charge in [-0.1, -0.05) is 33.2 Å². The Morgan fingerprint density at radius 3 is 2.62 bits per heavy atom. The normalized spacial score (nSPS) is 11.6. The number of rotatable bonds is 5. The standard InChI is InChI=1S/C10H10BrN3O2/c11-9-3-1-7(2-4-9)5-8(10(15)16)6-13-14-12/h1-4,8H,5-6H2,(H,15,16). The van der Waals surface area contributed by atoms with Gasteiger partial charge in [0.15, 0.2) is 0 Å². The lowest BCUT2D eigenvalue weighted by Crippen LogP contribution is -2.19. The largest absolute Gasteiger partial charge is 0.481 e. The maximum Gasteiger partial charge on any atom is 0.306 e. The molecule has 0 bridgehead atoms. The van der Waals surface area contributed by atoms with Crippen LogP contribution in [0.1, 0.15) is 5.56 Å². The molecule has 1 aromatic carbocycles. The third kappa shape index (κ3) is 3.92. The monoisotopic (exact) mass is 283 g/mol. The zero-order chi connectivity index (χ0) is 12.0. The molecule has 16 heavy (non-hydrogen) atoms. The van der Waals surface area contributed by atoms with Gasteiger partial charge in [0.2, 0.25) is 0 Å². The summed E-state index contributed by atoms with van der Waals surface area (Å²) >= 11 is 3.30. The summed E-state index contributed by atoms with van der Waals surface area (Å²) in [4.78, 5) is 13.5. The highest BCUT2D eigenvalue weighted by Crippen LogP contribution is 2.14. The zero-order valence-electron chi connectivity index (χ0n) is 8.38. The van der Waals surface area contributed by atoms with Crippen LogP contribution in [0.3, 0.4) is 0 Å². The molecule has 1 atom stereocenters. The van der Waals surface area contributed by atoms with Crippen LogP contribution in [-0.2, 0) is 11.2 Å². The first-order chi connectivity index (χ1) is 7.63. The van der Waals surface area contributed by atoms with Gasteiger partial charge in [-0.25, -0.2) is 0 Å². The first-order valence-corrected chi connectivity index (χ1v) is 5.41. The van der Waals surface area contributed by atoms with Crippen molar-refractivity contribution in [3.05, 3.63) is 44.7 Å². The quantitative estimate of drug-likeness (QED) is 0.512.